The molecule has 1 fully saturated rings. The fraction of sp³-hybridized carbons (Fsp3) is 0.455. The summed E-state index contributed by atoms with van der Waals surface area (Å²) in [7, 11) is 0. The lowest BCUT2D eigenvalue weighted by Gasteiger charge is -2.32. The maximum Gasteiger partial charge on any atom is 0.204 e. The highest BCUT2D eigenvalue weighted by Crippen LogP contribution is 2.29. The highest BCUT2D eigenvalue weighted by atomic mass is 35.5. The van der Waals surface area contributed by atoms with Crippen LogP contribution in [0.15, 0.2) is 24.3 Å². The van der Waals surface area contributed by atoms with Crippen LogP contribution in [0, 0.1) is 13.8 Å². The zero-order valence-electron chi connectivity index (χ0n) is 17.5. The highest BCUT2D eigenvalue weighted by molar-refractivity contribution is 6.31. The topological polar surface area (TPSA) is 92.2 Å². The average molecular weight is 429 g/mol. The van der Waals surface area contributed by atoms with Gasteiger partial charge in [-0.05, 0) is 56.5 Å². The van der Waals surface area contributed by atoms with Gasteiger partial charge in [0.15, 0.2) is 0 Å². The van der Waals surface area contributed by atoms with Crippen molar-refractivity contribution < 1.29 is 5.11 Å². The molecule has 30 heavy (non-hydrogen) atoms. The molecule has 2 aromatic heterocycles. The standard InChI is InChI=1S/C22H29ClN6O/c1-14-11-16(23)12-19-21(14)27-22(26-17-5-8-28(9-6-17)10-7-24)29(19)13-18-20(30)4-3-15(2)25-18/h3-4,11-12,17,30H,5-10,13,24H2,1-2H3,(H,26,27). The number of piperidine rings is 1. The second-order valence-electron chi connectivity index (χ2n) is 8.08. The molecule has 0 saturated carbocycles. The van der Waals surface area contributed by atoms with Crippen molar-refractivity contribution in [3.05, 3.63) is 46.2 Å². The molecule has 0 amide bonds. The summed E-state index contributed by atoms with van der Waals surface area (Å²) >= 11 is 6.36. The molecule has 160 valence electrons. The third kappa shape index (κ3) is 4.38. The van der Waals surface area contributed by atoms with Crippen molar-refractivity contribution in [1.82, 2.24) is 19.4 Å². The van der Waals surface area contributed by atoms with Crippen LogP contribution in [0.4, 0.5) is 5.95 Å². The number of nitrogens with two attached hydrogens (primary N) is 1. The van der Waals surface area contributed by atoms with Gasteiger partial charge in [0.2, 0.25) is 5.95 Å². The number of imidazole rings is 1. The number of hydrogen-bond acceptors (Lipinski definition) is 6. The first-order valence-corrected chi connectivity index (χ1v) is 10.8. The van der Waals surface area contributed by atoms with Crippen LogP contribution in [0.2, 0.25) is 5.02 Å². The second-order valence-corrected chi connectivity index (χ2v) is 8.52. The molecular formula is C22H29ClN6O. The van der Waals surface area contributed by atoms with Crippen molar-refractivity contribution in [2.24, 2.45) is 5.73 Å². The Labute approximate surface area is 181 Å². The van der Waals surface area contributed by atoms with E-state index < -0.39 is 0 Å². The fourth-order valence-corrected chi connectivity index (χ4v) is 4.42. The molecule has 1 aliphatic rings. The van der Waals surface area contributed by atoms with E-state index in [1.807, 2.05) is 26.0 Å². The minimum absolute atomic E-state index is 0.183. The van der Waals surface area contributed by atoms with Gasteiger partial charge >= 0.3 is 0 Å². The number of aromatic hydroxyl groups is 1. The Morgan fingerprint density at radius 1 is 1.20 bits per heavy atom. The molecule has 4 rings (SSSR count). The van der Waals surface area contributed by atoms with Crippen LogP contribution < -0.4 is 11.1 Å². The predicted octanol–water partition coefficient (Wildman–Crippen LogP) is 3.29. The van der Waals surface area contributed by atoms with E-state index in [2.05, 4.69) is 19.8 Å². The van der Waals surface area contributed by atoms with Crippen LogP contribution in [0.25, 0.3) is 11.0 Å². The lowest BCUT2D eigenvalue weighted by Crippen LogP contribution is -2.41. The van der Waals surface area contributed by atoms with E-state index in [1.54, 1.807) is 12.1 Å². The van der Waals surface area contributed by atoms with E-state index >= 15 is 0 Å². The number of fused-ring (bicyclic) bond motifs is 1. The summed E-state index contributed by atoms with van der Waals surface area (Å²) in [5.74, 6) is 0.970. The van der Waals surface area contributed by atoms with Gasteiger partial charge in [0, 0.05) is 42.9 Å². The Bertz CT molecular complexity index is 1040. The molecule has 0 atom stereocenters. The second kappa shape index (κ2) is 8.79. The van der Waals surface area contributed by atoms with Crippen LogP contribution in [0.5, 0.6) is 5.75 Å². The van der Waals surface area contributed by atoms with E-state index in [0.717, 1.165) is 60.7 Å². The largest absolute Gasteiger partial charge is 0.506 e. The number of pyridine rings is 1. The lowest BCUT2D eigenvalue weighted by molar-refractivity contribution is 0.224. The van der Waals surface area contributed by atoms with Crippen molar-refractivity contribution in [2.45, 2.75) is 39.3 Å². The fourth-order valence-electron chi connectivity index (χ4n) is 4.15. The number of aryl methyl sites for hydroxylation is 2. The molecule has 8 heteroatoms. The number of rotatable bonds is 6. The van der Waals surface area contributed by atoms with Gasteiger partial charge in [0.25, 0.3) is 0 Å². The maximum absolute atomic E-state index is 10.3. The number of benzene rings is 1. The summed E-state index contributed by atoms with van der Waals surface area (Å²) in [6.45, 7) is 8.05. The van der Waals surface area contributed by atoms with Crippen molar-refractivity contribution in [3.8, 4) is 5.75 Å². The smallest absolute Gasteiger partial charge is 0.204 e. The molecule has 3 heterocycles. The van der Waals surface area contributed by atoms with Crippen LogP contribution in [0.1, 0.15) is 29.8 Å². The van der Waals surface area contributed by atoms with Gasteiger partial charge in [-0.3, -0.25) is 4.98 Å². The summed E-state index contributed by atoms with van der Waals surface area (Å²) in [6.07, 6.45) is 2.08. The molecule has 1 aliphatic heterocycles. The van der Waals surface area contributed by atoms with Gasteiger partial charge in [-0.1, -0.05) is 11.6 Å². The Hall–Kier alpha value is -2.35. The number of hydrogen-bond donors (Lipinski definition) is 3. The third-order valence-electron chi connectivity index (χ3n) is 5.77. The van der Waals surface area contributed by atoms with Gasteiger partial charge in [0.1, 0.15) is 11.4 Å². The zero-order valence-corrected chi connectivity index (χ0v) is 18.3. The molecule has 1 saturated heterocycles. The average Bonchev–Trinajstić information content (AvgIpc) is 3.04. The monoisotopic (exact) mass is 428 g/mol. The Balaban J connectivity index is 1.67. The Morgan fingerprint density at radius 2 is 1.97 bits per heavy atom. The first-order valence-electron chi connectivity index (χ1n) is 10.5. The SMILES string of the molecule is Cc1ccc(O)c(Cn2c(NC3CCN(CCN)CC3)nc3c(C)cc(Cl)cc32)n1. The molecule has 3 aromatic rings. The molecule has 0 bridgehead atoms. The summed E-state index contributed by atoms with van der Waals surface area (Å²) < 4.78 is 2.07. The summed E-state index contributed by atoms with van der Waals surface area (Å²) in [5, 5.41) is 14.7. The first kappa shape index (κ1) is 20.9. The van der Waals surface area contributed by atoms with Crippen LogP contribution in [-0.4, -0.2) is 56.8 Å². The van der Waals surface area contributed by atoms with Crippen LogP contribution in [-0.2, 0) is 6.54 Å². The minimum atomic E-state index is 0.183. The summed E-state index contributed by atoms with van der Waals surface area (Å²) in [5.41, 5.74) is 10.1. The quantitative estimate of drug-likeness (QED) is 0.558. The van der Waals surface area contributed by atoms with Crippen molar-refractivity contribution in [1.29, 1.82) is 0 Å². The van der Waals surface area contributed by atoms with Gasteiger partial charge in [-0.2, -0.15) is 0 Å². The molecule has 1 aromatic carbocycles. The molecule has 4 N–H and O–H groups in total. The molecule has 0 aliphatic carbocycles. The van der Waals surface area contributed by atoms with Crippen molar-refractivity contribution in [2.75, 3.05) is 31.5 Å². The molecule has 7 nitrogen and oxygen atoms in total. The normalized spacial score (nSPS) is 15.7. The van der Waals surface area contributed by atoms with Gasteiger partial charge < -0.3 is 25.6 Å². The molecular weight excluding hydrogens is 400 g/mol. The molecule has 0 spiro atoms. The number of nitrogens with zero attached hydrogens (tertiary/aromatic N) is 4. The molecule has 0 unspecified atom stereocenters. The molecule has 0 radical (unpaired) electrons. The van der Waals surface area contributed by atoms with Crippen molar-refractivity contribution >= 4 is 28.6 Å². The predicted molar refractivity (Wildman–Crippen MR) is 121 cm³/mol. The summed E-state index contributed by atoms with van der Waals surface area (Å²) in [6, 6.07) is 7.69. The zero-order chi connectivity index (χ0) is 21.3. The number of nitrogens with one attached hydrogen (secondary N) is 1. The number of halogens is 1. The van der Waals surface area contributed by atoms with Gasteiger partial charge in [0.05, 0.1) is 17.6 Å². The first-order chi connectivity index (χ1) is 14.4. The Kier molecular flexibility index (Phi) is 6.13. The third-order valence-corrected chi connectivity index (χ3v) is 5.99. The number of aromatic nitrogens is 3. The minimum Gasteiger partial charge on any atom is -0.506 e. The lowest BCUT2D eigenvalue weighted by atomic mass is 10.1. The number of likely N-dealkylation sites (tertiary alicyclic amines) is 1. The highest BCUT2D eigenvalue weighted by Gasteiger charge is 2.22. The number of anilines is 1. The van der Waals surface area contributed by atoms with Crippen molar-refractivity contribution in [3.63, 3.8) is 0 Å². The van der Waals surface area contributed by atoms with E-state index in [0.29, 0.717) is 29.8 Å². The van der Waals surface area contributed by atoms with E-state index in [4.69, 9.17) is 22.3 Å². The summed E-state index contributed by atoms with van der Waals surface area (Å²) in [4.78, 5) is 11.8. The van der Waals surface area contributed by atoms with Crippen LogP contribution >= 0.6 is 11.6 Å². The van der Waals surface area contributed by atoms with Gasteiger partial charge in [-0.25, -0.2) is 4.98 Å². The van der Waals surface area contributed by atoms with E-state index in [9.17, 15) is 5.11 Å². The van der Waals surface area contributed by atoms with Gasteiger partial charge in [-0.15, -0.1) is 0 Å². The van der Waals surface area contributed by atoms with Crippen LogP contribution in [0.3, 0.4) is 0 Å². The van der Waals surface area contributed by atoms with E-state index in [1.165, 1.54) is 0 Å². The van der Waals surface area contributed by atoms with E-state index in [-0.39, 0.29) is 5.75 Å². The maximum atomic E-state index is 10.3. The Morgan fingerprint density at radius 3 is 2.70 bits per heavy atom.